The van der Waals surface area contributed by atoms with Crippen LogP contribution in [0.3, 0.4) is 0 Å². The third-order valence-corrected chi connectivity index (χ3v) is 5.47. The van der Waals surface area contributed by atoms with Gasteiger partial charge in [-0.15, -0.1) is 11.3 Å². The molecule has 1 aliphatic rings. The summed E-state index contributed by atoms with van der Waals surface area (Å²) in [6.07, 6.45) is 8.89. The second-order valence-corrected chi connectivity index (χ2v) is 7.07. The average molecular weight is 350 g/mol. The van der Waals surface area contributed by atoms with Gasteiger partial charge in [0.05, 0.1) is 10.4 Å². The highest BCUT2D eigenvalue weighted by atomic mass is 32.1. The summed E-state index contributed by atoms with van der Waals surface area (Å²) in [6, 6.07) is 8.08. The van der Waals surface area contributed by atoms with Crippen molar-refractivity contribution in [3.8, 4) is 10.7 Å². The van der Waals surface area contributed by atoms with Crippen LogP contribution >= 0.6 is 11.3 Å². The minimum absolute atomic E-state index is 0.0194. The van der Waals surface area contributed by atoms with E-state index in [9.17, 15) is 4.79 Å². The molecule has 6 heteroatoms. The fraction of sp³-hybridized carbons (Fsp3) is 0.263. The fourth-order valence-corrected chi connectivity index (χ4v) is 3.88. The van der Waals surface area contributed by atoms with Crippen LogP contribution in [0.2, 0.25) is 0 Å². The molecule has 3 aromatic rings. The van der Waals surface area contributed by atoms with Gasteiger partial charge in [0.1, 0.15) is 0 Å². The number of hydrogen-bond acceptors (Lipinski definition) is 5. The zero-order chi connectivity index (χ0) is 17.1. The molecule has 3 aromatic heterocycles. The van der Waals surface area contributed by atoms with Crippen molar-refractivity contribution in [2.75, 3.05) is 13.1 Å². The minimum atomic E-state index is 0.0194. The molecule has 126 valence electrons. The predicted octanol–water partition coefficient (Wildman–Crippen LogP) is 3.62. The first-order chi connectivity index (χ1) is 12.3. The highest BCUT2D eigenvalue weighted by Crippen LogP contribution is 2.28. The fourth-order valence-electron chi connectivity index (χ4n) is 3.21. The van der Waals surface area contributed by atoms with E-state index in [1.54, 1.807) is 23.7 Å². The first kappa shape index (κ1) is 15.9. The second kappa shape index (κ2) is 7.11. The summed E-state index contributed by atoms with van der Waals surface area (Å²) in [5.74, 6) is 1.19. The van der Waals surface area contributed by atoms with E-state index < -0.39 is 0 Å². The molecule has 4 rings (SSSR count). The number of carbonyl (C=O) groups is 1. The van der Waals surface area contributed by atoms with E-state index in [0.717, 1.165) is 30.8 Å². The summed E-state index contributed by atoms with van der Waals surface area (Å²) in [5, 5.41) is 1.99. The van der Waals surface area contributed by atoms with Gasteiger partial charge in [0.25, 0.3) is 5.91 Å². The van der Waals surface area contributed by atoms with Crippen molar-refractivity contribution in [1.82, 2.24) is 19.9 Å². The second-order valence-electron chi connectivity index (χ2n) is 6.12. The third kappa shape index (κ3) is 3.44. The van der Waals surface area contributed by atoms with Crippen LogP contribution in [0.25, 0.3) is 10.7 Å². The molecule has 0 saturated carbocycles. The molecule has 25 heavy (non-hydrogen) atoms. The van der Waals surface area contributed by atoms with Gasteiger partial charge in [-0.25, -0.2) is 9.97 Å². The van der Waals surface area contributed by atoms with E-state index >= 15 is 0 Å². The lowest BCUT2D eigenvalue weighted by Gasteiger charge is -2.32. The molecule has 0 N–H and O–H groups in total. The van der Waals surface area contributed by atoms with Crippen LogP contribution in [0.15, 0.2) is 54.4 Å². The van der Waals surface area contributed by atoms with Crippen molar-refractivity contribution in [3.05, 3.63) is 65.6 Å². The Balaban J connectivity index is 1.40. The molecule has 0 bridgehead atoms. The van der Waals surface area contributed by atoms with Crippen molar-refractivity contribution in [2.45, 2.75) is 18.8 Å². The van der Waals surface area contributed by atoms with Crippen LogP contribution in [-0.4, -0.2) is 38.8 Å². The molecule has 1 saturated heterocycles. The third-order valence-electron chi connectivity index (χ3n) is 4.60. The van der Waals surface area contributed by atoms with Crippen molar-refractivity contribution < 1.29 is 4.79 Å². The van der Waals surface area contributed by atoms with Crippen molar-refractivity contribution >= 4 is 17.2 Å². The van der Waals surface area contributed by atoms with Gasteiger partial charge < -0.3 is 4.90 Å². The van der Waals surface area contributed by atoms with Gasteiger partial charge >= 0.3 is 0 Å². The summed E-state index contributed by atoms with van der Waals surface area (Å²) >= 11 is 1.59. The molecule has 0 radical (unpaired) electrons. The van der Waals surface area contributed by atoms with E-state index in [1.165, 1.54) is 5.56 Å². The Morgan fingerprint density at radius 3 is 2.44 bits per heavy atom. The maximum Gasteiger partial charge on any atom is 0.256 e. The van der Waals surface area contributed by atoms with Crippen LogP contribution in [0.1, 0.15) is 34.7 Å². The van der Waals surface area contributed by atoms with E-state index in [2.05, 4.69) is 27.1 Å². The molecular formula is C19H18N4OS. The minimum Gasteiger partial charge on any atom is -0.339 e. The number of piperidine rings is 1. The Labute approximate surface area is 150 Å². The Hall–Kier alpha value is -2.60. The van der Waals surface area contributed by atoms with E-state index in [1.807, 2.05) is 34.8 Å². The highest BCUT2D eigenvalue weighted by Gasteiger charge is 2.25. The number of amides is 1. The molecule has 0 aromatic carbocycles. The maximum absolute atomic E-state index is 12.7. The molecule has 0 unspecified atom stereocenters. The summed E-state index contributed by atoms with van der Waals surface area (Å²) in [6.45, 7) is 1.52. The number of pyridine rings is 1. The lowest BCUT2D eigenvalue weighted by atomic mass is 9.90. The number of likely N-dealkylation sites (tertiary alicyclic amines) is 1. The van der Waals surface area contributed by atoms with Crippen molar-refractivity contribution in [1.29, 1.82) is 0 Å². The van der Waals surface area contributed by atoms with E-state index in [4.69, 9.17) is 0 Å². The van der Waals surface area contributed by atoms with Gasteiger partial charge in [0, 0.05) is 37.9 Å². The van der Waals surface area contributed by atoms with Gasteiger partial charge in [-0.05, 0) is 47.9 Å². The summed E-state index contributed by atoms with van der Waals surface area (Å²) in [4.78, 5) is 28.4. The topological polar surface area (TPSA) is 59.0 Å². The normalized spacial score (nSPS) is 15.3. The van der Waals surface area contributed by atoms with Gasteiger partial charge in [-0.2, -0.15) is 0 Å². The molecule has 1 aliphatic heterocycles. The molecule has 0 atom stereocenters. The summed E-state index contributed by atoms with van der Waals surface area (Å²) in [7, 11) is 0. The van der Waals surface area contributed by atoms with Crippen LogP contribution in [0.5, 0.6) is 0 Å². The van der Waals surface area contributed by atoms with Gasteiger partial charge in [-0.3, -0.25) is 9.78 Å². The summed E-state index contributed by atoms with van der Waals surface area (Å²) < 4.78 is 0. The van der Waals surface area contributed by atoms with Gasteiger partial charge in [-0.1, -0.05) is 6.07 Å². The number of aromatic nitrogens is 3. The lowest BCUT2D eigenvalue weighted by molar-refractivity contribution is 0.0712. The van der Waals surface area contributed by atoms with Crippen molar-refractivity contribution in [3.63, 3.8) is 0 Å². The zero-order valence-corrected chi connectivity index (χ0v) is 14.5. The predicted molar refractivity (Wildman–Crippen MR) is 97.5 cm³/mol. The largest absolute Gasteiger partial charge is 0.339 e. The van der Waals surface area contributed by atoms with Crippen LogP contribution < -0.4 is 0 Å². The summed E-state index contributed by atoms with van der Waals surface area (Å²) in [5.41, 5.74) is 1.87. The Bertz CT molecular complexity index is 826. The molecule has 0 spiro atoms. The lowest BCUT2D eigenvalue weighted by Crippen LogP contribution is -2.38. The Morgan fingerprint density at radius 1 is 1.08 bits per heavy atom. The highest BCUT2D eigenvalue weighted by molar-refractivity contribution is 7.13. The van der Waals surface area contributed by atoms with Crippen LogP contribution in [0, 0.1) is 0 Å². The monoisotopic (exact) mass is 350 g/mol. The maximum atomic E-state index is 12.7. The first-order valence-electron chi connectivity index (χ1n) is 8.36. The molecular weight excluding hydrogens is 332 g/mol. The Morgan fingerprint density at radius 2 is 1.80 bits per heavy atom. The zero-order valence-electron chi connectivity index (χ0n) is 13.7. The standard InChI is InChI=1S/C19H18N4OS/c24-19(16-12-21-18(22-13-16)17-2-1-11-25-17)23-9-5-15(6-10-23)14-3-7-20-8-4-14/h1-4,7-8,11-13,15H,5-6,9-10H2. The van der Waals surface area contributed by atoms with E-state index in [-0.39, 0.29) is 5.91 Å². The molecule has 1 fully saturated rings. The van der Waals surface area contributed by atoms with Crippen LogP contribution in [-0.2, 0) is 0 Å². The number of thiophene rings is 1. The quantitative estimate of drug-likeness (QED) is 0.724. The molecule has 5 nitrogen and oxygen atoms in total. The number of rotatable bonds is 3. The Kier molecular flexibility index (Phi) is 4.52. The number of carbonyl (C=O) groups excluding carboxylic acids is 1. The van der Waals surface area contributed by atoms with E-state index in [0.29, 0.717) is 17.3 Å². The first-order valence-corrected chi connectivity index (χ1v) is 9.24. The van der Waals surface area contributed by atoms with Crippen molar-refractivity contribution in [2.24, 2.45) is 0 Å². The van der Waals surface area contributed by atoms with Gasteiger partial charge in [0.15, 0.2) is 5.82 Å². The average Bonchev–Trinajstić information content (AvgIpc) is 3.23. The number of nitrogens with zero attached hydrogens (tertiary/aromatic N) is 4. The molecule has 0 aliphatic carbocycles. The SMILES string of the molecule is O=C(c1cnc(-c2cccs2)nc1)N1CCC(c2ccncc2)CC1. The number of hydrogen-bond donors (Lipinski definition) is 0. The molecule has 4 heterocycles. The smallest absolute Gasteiger partial charge is 0.256 e. The molecule has 1 amide bonds. The van der Waals surface area contributed by atoms with Crippen LogP contribution in [0.4, 0.5) is 0 Å². The van der Waals surface area contributed by atoms with Gasteiger partial charge in [0.2, 0.25) is 0 Å².